The van der Waals surface area contributed by atoms with Crippen molar-refractivity contribution in [3.63, 3.8) is 0 Å². The Morgan fingerprint density at radius 2 is 2.03 bits per heavy atom. The van der Waals surface area contributed by atoms with Crippen molar-refractivity contribution in [3.05, 3.63) is 68.6 Å². The van der Waals surface area contributed by atoms with E-state index in [9.17, 15) is 19.7 Å². The molecule has 1 amide bonds. The van der Waals surface area contributed by atoms with Gasteiger partial charge in [-0.3, -0.25) is 19.7 Å². The van der Waals surface area contributed by atoms with Gasteiger partial charge in [0.1, 0.15) is 4.32 Å². The van der Waals surface area contributed by atoms with Crippen LogP contribution in [0, 0.1) is 16.0 Å². The third kappa shape index (κ3) is 4.39. The molecule has 2 bridgehead atoms. The van der Waals surface area contributed by atoms with Crippen molar-refractivity contribution in [2.75, 3.05) is 24.2 Å². The highest BCUT2D eigenvalue weighted by Crippen LogP contribution is 2.36. The minimum absolute atomic E-state index is 0.0467. The lowest BCUT2D eigenvalue weighted by Gasteiger charge is -2.43. The number of carbonyl (C=O) groups excluding carboxylic acids is 1. The first-order chi connectivity index (χ1) is 14.4. The SMILES string of the molecule is O=C(CSC(=S)N1C[C@@H]2C[C@H](C1)c1cccc(=O)n1C2)Nc1cccc([N+](=O)[O-])c1. The normalized spacial score (nSPS) is 19.7. The van der Waals surface area contributed by atoms with Gasteiger partial charge in [0.2, 0.25) is 5.91 Å². The maximum atomic E-state index is 12.3. The molecule has 3 heterocycles. The first-order valence-corrected chi connectivity index (χ1v) is 11.0. The van der Waals surface area contributed by atoms with Crippen LogP contribution in [0.2, 0.25) is 0 Å². The summed E-state index contributed by atoms with van der Waals surface area (Å²) >= 11 is 6.85. The Bertz CT molecular complexity index is 1070. The van der Waals surface area contributed by atoms with Crippen LogP contribution in [0.15, 0.2) is 47.3 Å². The molecular formula is C20H20N4O4S2. The Labute approximate surface area is 182 Å². The van der Waals surface area contributed by atoms with Gasteiger partial charge in [-0.05, 0) is 24.5 Å². The van der Waals surface area contributed by atoms with Gasteiger partial charge in [0.25, 0.3) is 11.2 Å². The molecule has 2 atom stereocenters. The van der Waals surface area contributed by atoms with E-state index >= 15 is 0 Å². The predicted octanol–water partition coefficient (Wildman–Crippen LogP) is 2.83. The van der Waals surface area contributed by atoms with Crippen LogP contribution in [0.5, 0.6) is 0 Å². The Morgan fingerprint density at radius 3 is 2.83 bits per heavy atom. The Morgan fingerprint density at radius 1 is 1.23 bits per heavy atom. The summed E-state index contributed by atoms with van der Waals surface area (Å²) in [5.74, 6) is 0.470. The van der Waals surface area contributed by atoms with Crippen molar-refractivity contribution in [1.29, 1.82) is 0 Å². The third-order valence-electron chi connectivity index (χ3n) is 5.41. The number of hydrogen-bond acceptors (Lipinski definition) is 6. The number of rotatable bonds is 4. The number of benzene rings is 1. The first kappa shape index (κ1) is 20.5. The van der Waals surface area contributed by atoms with Crippen molar-refractivity contribution in [3.8, 4) is 0 Å². The Hall–Kier alpha value is -2.72. The summed E-state index contributed by atoms with van der Waals surface area (Å²) in [6.07, 6.45) is 1.04. The van der Waals surface area contributed by atoms with Crippen LogP contribution >= 0.6 is 24.0 Å². The van der Waals surface area contributed by atoms with Crippen molar-refractivity contribution in [2.24, 2.45) is 5.92 Å². The Balaban J connectivity index is 1.34. The number of thiocarbonyl (C=S) groups is 1. The van der Waals surface area contributed by atoms with Gasteiger partial charge in [0.15, 0.2) is 0 Å². The lowest BCUT2D eigenvalue weighted by atomic mass is 9.83. The fourth-order valence-electron chi connectivity index (χ4n) is 4.16. The van der Waals surface area contributed by atoms with Crippen LogP contribution in [0.25, 0.3) is 0 Å². The van der Waals surface area contributed by atoms with Crippen LogP contribution in [-0.2, 0) is 11.3 Å². The second-order valence-electron chi connectivity index (χ2n) is 7.51. The predicted molar refractivity (Wildman–Crippen MR) is 120 cm³/mol. The van der Waals surface area contributed by atoms with E-state index < -0.39 is 4.92 Å². The van der Waals surface area contributed by atoms with Gasteiger partial charge in [0, 0.05) is 55.1 Å². The molecule has 10 heteroatoms. The highest BCUT2D eigenvalue weighted by Gasteiger charge is 2.35. The van der Waals surface area contributed by atoms with E-state index in [1.54, 1.807) is 18.2 Å². The number of anilines is 1. The number of pyridine rings is 1. The van der Waals surface area contributed by atoms with E-state index in [0.29, 0.717) is 22.5 Å². The molecule has 1 N–H and O–H groups in total. The molecule has 0 saturated carbocycles. The van der Waals surface area contributed by atoms with E-state index in [-0.39, 0.29) is 28.8 Å². The molecule has 2 aliphatic rings. The summed E-state index contributed by atoms with van der Waals surface area (Å²) in [5, 5.41) is 13.5. The molecule has 156 valence electrons. The fourth-order valence-corrected chi connectivity index (χ4v) is 5.14. The molecule has 8 nitrogen and oxygen atoms in total. The number of nitro groups is 1. The number of carbonyl (C=O) groups is 1. The molecule has 0 aliphatic carbocycles. The fraction of sp³-hybridized carbons (Fsp3) is 0.350. The molecule has 1 fully saturated rings. The number of thioether (sulfide) groups is 1. The van der Waals surface area contributed by atoms with Gasteiger partial charge in [-0.25, -0.2) is 0 Å². The summed E-state index contributed by atoms with van der Waals surface area (Å²) in [6, 6.07) is 11.3. The van der Waals surface area contributed by atoms with Crippen molar-refractivity contribution < 1.29 is 9.72 Å². The molecule has 2 aromatic rings. The van der Waals surface area contributed by atoms with Crippen LogP contribution in [0.1, 0.15) is 18.0 Å². The molecule has 0 unspecified atom stereocenters. The molecule has 0 radical (unpaired) electrons. The maximum Gasteiger partial charge on any atom is 0.271 e. The van der Waals surface area contributed by atoms with Crippen LogP contribution < -0.4 is 10.9 Å². The van der Waals surface area contributed by atoms with Crippen molar-refractivity contribution >= 4 is 45.6 Å². The summed E-state index contributed by atoms with van der Waals surface area (Å²) in [4.78, 5) is 36.9. The first-order valence-electron chi connectivity index (χ1n) is 9.56. The minimum Gasteiger partial charge on any atom is -0.356 e. The monoisotopic (exact) mass is 444 g/mol. The lowest BCUT2D eigenvalue weighted by molar-refractivity contribution is -0.384. The number of nitro benzene ring substituents is 1. The number of hydrogen-bond donors (Lipinski definition) is 1. The smallest absolute Gasteiger partial charge is 0.271 e. The van der Waals surface area contributed by atoms with E-state index in [4.69, 9.17) is 12.2 Å². The second kappa shape index (κ2) is 8.57. The minimum atomic E-state index is -0.501. The molecule has 30 heavy (non-hydrogen) atoms. The third-order valence-corrected chi connectivity index (χ3v) is 6.93. The molecule has 0 spiro atoms. The average Bonchev–Trinajstić information content (AvgIpc) is 2.73. The van der Waals surface area contributed by atoms with Crippen molar-refractivity contribution in [1.82, 2.24) is 9.47 Å². The van der Waals surface area contributed by atoms with Gasteiger partial charge >= 0.3 is 0 Å². The van der Waals surface area contributed by atoms with E-state index in [0.717, 1.165) is 25.2 Å². The quantitative estimate of drug-likeness (QED) is 0.440. The lowest BCUT2D eigenvalue weighted by Crippen LogP contribution is -2.48. The molecule has 2 aliphatic heterocycles. The molecule has 1 aromatic carbocycles. The zero-order valence-electron chi connectivity index (χ0n) is 16.0. The highest BCUT2D eigenvalue weighted by atomic mass is 32.2. The second-order valence-corrected chi connectivity index (χ2v) is 9.12. The number of likely N-dealkylation sites (tertiary alicyclic amines) is 1. The summed E-state index contributed by atoms with van der Waals surface area (Å²) in [6.45, 7) is 2.20. The van der Waals surface area contributed by atoms with Gasteiger partial charge in [-0.1, -0.05) is 36.1 Å². The van der Waals surface area contributed by atoms with E-state index in [1.165, 1.54) is 30.0 Å². The maximum absolute atomic E-state index is 12.3. The number of nitrogens with one attached hydrogen (secondary N) is 1. The number of piperidine rings is 1. The molecular weight excluding hydrogens is 424 g/mol. The summed E-state index contributed by atoms with van der Waals surface area (Å²) < 4.78 is 2.53. The van der Waals surface area contributed by atoms with Crippen LogP contribution in [0.4, 0.5) is 11.4 Å². The van der Waals surface area contributed by atoms with E-state index in [1.807, 2.05) is 10.6 Å². The van der Waals surface area contributed by atoms with Crippen LogP contribution in [0.3, 0.4) is 0 Å². The standard InChI is InChI=1S/C20H20N4O4S2/c25-18(21-15-3-1-4-16(8-15)24(27)28)12-30-20(29)22-9-13-7-14(11-22)17-5-2-6-19(26)23(17)10-13/h1-6,8,13-14H,7,9-12H2,(H,21,25)/t13-,14+/m0/s1. The molecule has 1 aromatic heterocycles. The number of aromatic nitrogens is 1. The number of amides is 1. The van der Waals surface area contributed by atoms with Gasteiger partial charge in [-0.2, -0.15) is 0 Å². The van der Waals surface area contributed by atoms with Gasteiger partial charge in [0.05, 0.1) is 10.7 Å². The Kier molecular flexibility index (Phi) is 5.87. The summed E-state index contributed by atoms with van der Waals surface area (Å²) in [7, 11) is 0. The zero-order valence-corrected chi connectivity index (χ0v) is 17.7. The summed E-state index contributed by atoms with van der Waals surface area (Å²) in [5.41, 5.74) is 1.41. The number of fused-ring (bicyclic) bond motifs is 4. The topological polar surface area (TPSA) is 97.5 Å². The average molecular weight is 445 g/mol. The number of nitrogens with zero attached hydrogens (tertiary/aromatic N) is 3. The number of non-ortho nitro benzene ring substituents is 1. The van der Waals surface area contributed by atoms with Gasteiger partial charge in [-0.15, -0.1) is 0 Å². The highest BCUT2D eigenvalue weighted by molar-refractivity contribution is 8.23. The molecule has 4 rings (SSSR count). The van der Waals surface area contributed by atoms with Gasteiger partial charge < -0.3 is 14.8 Å². The van der Waals surface area contributed by atoms with Crippen molar-refractivity contribution in [2.45, 2.75) is 18.9 Å². The largest absolute Gasteiger partial charge is 0.356 e. The van der Waals surface area contributed by atoms with Crippen LogP contribution in [-0.4, -0.2) is 43.5 Å². The molecule has 1 saturated heterocycles. The van der Waals surface area contributed by atoms with E-state index in [2.05, 4.69) is 10.2 Å². The zero-order chi connectivity index (χ0) is 21.3.